The molecule has 0 N–H and O–H groups in total. The molecule has 0 aliphatic heterocycles. The Kier molecular flexibility index (Phi) is 10.4. The van der Waals surface area contributed by atoms with E-state index in [-0.39, 0.29) is 23.3 Å². The topological polar surface area (TPSA) is 6.48 Å². The standard InChI is InChI=1S/C52H56N2/c1-35(2)50(53(42-25-17-36(3)18-26-42)43-27-19-37(4)20-28-43)47-15-11-10-14-46(47)41(8)49-34-40(7)51(48-16-12-13-33-52(48,49)9)54(44-29-21-38(5)22-30-44)45-31-23-39(6)24-32-45/h10-27,29-35,43,49H,28H2,1-9H3/b46-41+,50-47+. The fraction of sp³-hybridized carbons (Fsp3) is 0.269. The first kappa shape index (κ1) is 37.0. The van der Waals surface area contributed by atoms with E-state index in [0.717, 1.165) is 6.42 Å². The van der Waals surface area contributed by atoms with Gasteiger partial charge in [-0.15, -0.1) is 0 Å². The predicted molar refractivity (Wildman–Crippen MR) is 233 cm³/mol. The molecule has 3 aliphatic carbocycles. The van der Waals surface area contributed by atoms with Crippen molar-refractivity contribution in [3.63, 3.8) is 0 Å². The van der Waals surface area contributed by atoms with Crippen molar-refractivity contribution in [3.05, 3.63) is 195 Å². The molecule has 54 heavy (non-hydrogen) atoms. The van der Waals surface area contributed by atoms with Gasteiger partial charge in [0, 0.05) is 39.3 Å². The maximum absolute atomic E-state index is 2.62. The molecule has 0 amide bonds. The van der Waals surface area contributed by atoms with Crippen LogP contribution < -0.4 is 20.2 Å². The zero-order chi connectivity index (χ0) is 38.1. The summed E-state index contributed by atoms with van der Waals surface area (Å²) in [6.45, 7) is 20.5. The van der Waals surface area contributed by atoms with Crippen LogP contribution in [0.3, 0.4) is 0 Å². The molecule has 4 aromatic rings. The van der Waals surface area contributed by atoms with Gasteiger partial charge in [0.25, 0.3) is 0 Å². The maximum atomic E-state index is 2.62. The Hall–Kier alpha value is -5.34. The minimum absolute atomic E-state index is 0.151. The first-order chi connectivity index (χ1) is 26.0. The van der Waals surface area contributed by atoms with E-state index in [9.17, 15) is 0 Å². The molecule has 0 spiro atoms. The fourth-order valence-corrected chi connectivity index (χ4v) is 8.72. The second-order valence-corrected chi connectivity index (χ2v) is 16.2. The highest BCUT2D eigenvalue weighted by atomic mass is 15.2. The van der Waals surface area contributed by atoms with E-state index in [2.05, 4.69) is 218 Å². The predicted octanol–water partition coefficient (Wildman–Crippen LogP) is 12.1. The van der Waals surface area contributed by atoms with Gasteiger partial charge in [-0.2, -0.15) is 0 Å². The second-order valence-electron chi connectivity index (χ2n) is 16.2. The van der Waals surface area contributed by atoms with Crippen molar-refractivity contribution in [3.8, 4) is 0 Å². The van der Waals surface area contributed by atoms with Gasteiger partial charge in [0.05, 0.1) is 11.7 Å². The third-order valence-corrected chi connectivity index (χ3v) is 11.7. The van der Waals surface area contributed by atoms with Crippen LogP contribution in [-0.4, -0.2) is 6.04 Å². The van der Waals surface area contributed by atoms with E-state index in [1.165, 1.54) is 77.9 Å². The van der Waals surface area contributed by atoms with Crippen LogP contribution >= 0.6 is 0 Å². The number of hydrogen-bond acceptors (Lipinski definition) is 2. The quantitative estimate of drug-likeness (QED) is 0.180. The first-order valence-corrected chi connectivity index (χ1v) is 19.7. The third kappa shape index (κ3) is 7.03. The molecule has 0 fully saturated rings. The van der Waals surface area contributed by atoms with Gasteiger partial charge >= 0.3 is 0 Å². The van der Waals surface area contributed by atoms with E-state index < -0.39 is 0 Å². The summed E-state index contributed by atoms with van der Waals surface area (Å²) in [5.74, 6) is 0.440. The number of nitrogens with zero attached hydrogens (tertiary/aromatic N) is 2. The summed E-state index contributed by atoms with van der Waals surface area (Å²) in [6, 6.07) is 36.4. The monoisotopic (exact) mass is 708 g/mol. The zero-order valence-corrected chi connectivity index (χ0v) is 33.7. The number of aryl methyl sites for hydroxylation is 3. The summed E-state index contributed by atoms with van der Waals surface area (Å²) in [6.07, 6.45) is 19.9. The highest BCUT2D eigenvalue weighted by Crippen LogP contribution is 2.52. The summed E-state index contributed by atoms with van der Waals surface area (Å²) in [7, 11) is 0. The van der Waals surface area contributed by atoms with Gasteiger partial charge in [0.15, 0.2) is 0 Å². The van der Waals surface area contributed by atoms with Gasteiger partial charge in [-0.1, -0.05) is 158 Å². The molecule has 2 nitrogen and oxygen atoms in total. The van der Waals surface area contributed by atoms with Gasteiger partial charge in [-0.05, 0) is 107 Å². The van der Waals surface area contributed by atoms with E-state index in [4.69, 9.17) is 0 Å². The second kappa shape index (κ2) is 15.2. The Balaban J connectivity index is 1.46. The van der Waals surface area contributed by atoms with Crippen molar-refractivity contribution in [2.45, 2.75) is 74.8 Å². The van der Waals surface area contributed by atoms with Gasteiger partial charge in [0.1, 0.15) is 0 Å². The van der Waals surface area contributed by atoms with Crippen LogP contribution in [0.15, 0.2) is 168 Å². The molecular formula is C52H56N2. The van der Waals surface area contributed by atoms with Crippen LogP contribution in [0.25, 0.3) is 11.3 Å². The van der Waals surface area contributed by atoms with E-state index in [1.54, 1.807) is 0 Å². The lowest BCUT2D eigenvalue weighted by Gasteiger charge is -2.45. The molecule has 0 saturated carbocycles. The Bertz CT molecular complexity index is 2290. The Morgan fingerprint density at radius 2 is 1.24 bits per heavy atom. The number of rotatable bonds is 8. The summed E-state index contributed by atoms with van der Waals surface area (Å²) in [5.41, 5.74) is 15.1. The minimum atomic E-state index is -0.266. The first-order valence-electron chi connectivity index (χ1n) is 19.7. The van der Waals surface area contributed by atoms with Gasteiger partial charge < -0.3 is 9.80 Å². The summed E-state index contributed by atoms with van der Waals surface area (Å²) < 4.78 is 0. The number of hydrogen-bond donors (Lipinski definition) is 0. The largest absolute Gasteiger partial charge is 0.337 e. The average molecular weight is 709 g/mol. The minimum Gasteiger partial charge on any atom is -0.337 e. The molecule has 2 heteroatoms. The molecule has 0 radical (unpaired) electrons. The molecule has 0 aromatic heterocycles. The van der Waals surface area contributed by atoms with Crippen LogP contribution in [0.5, 0.6) is 0 Å². The van der Waals surface area contributed by atoms with Crippen molar-refractivity contribution >= 4 is 28.3 Å². The van der Waals surface area contributed by atoms with Crippen LogP contribution in [0.1, 0.15) is 64.7 Å². The molecular weight excluding hydrogens is 653 g/mol. The molecule has 3 unspecified atom stereocenters. The maximum Gasteiger partial charge on any atom is 0.0557 e. The van der Waals surface area contributed by atoms with E-state index in [0.29, 0.717) is 0 Å². The molecule has 4 aromatic carbocycles. The van der Waals surface area contributed by atoms with Gasteiger partial charge in [-0.3, -0.25) is 0 Å². The molecule has 3 atom stereocenters. The average Bonchev–Trinajstić information content (AvgIpc) is 3.16. The molecule has 0 heterocycles. The Morgan fingerprint density at radius 1 is 0.685 bits per heavy atom. The van der Waals surface area contributed by atoms with Gasteiger partial charge in [0.2, 0.25) is 0 Å². The van der Waals surface area contributed by atoms with Gasteiger partial charge in [-0.25, -0.2) is 0 Å². The van der Waals surface area contributed by atoms with Crippen molar-refractivity contribution in [1.29, 1.82) is 0 Å². The molecule has 7 rings (SSSR count). The number of allylic oxidation sites excluding steroid dienone is 9. The Morgan fingerprint density at radius 3 is 1.78 bits per heavy atom. The van der Waals surface area contributed by atoms with Crippen molar-refractivity contribution < 1.29 is 0 Å². The summed E-state index contributed by atoms with van der Waals surface area (Å²) in [4.78, 5) is 5.09. The van der Waals surface area contributed by atoms with Crippen LogP contribution in [0, 0.1) is 38.0 Å². The molecule has 0 bridgehead atoms. The fourth-order valence-electron chi connectivity index (χ4n) is 8.72. The number of anilines is 3. The molecule has 3 aliphatic rings. The lowest BCUT2D eigenvalue weighted by molar-refractivity contribution is 0.432. The Labute approximate surface area is 324 Å². The van der Waals surface area contributed by atoms with Crippen LogP contribution in [0.2, 0.25) is 0 Å². The van der Waals surface area contributed by atoms with Crippen molar-refractivity contribution in [2.24, 2.45) is 17.3 Å². The smallest absolute Gasteiger partial charge is 0.0557 e. The van der Waals surface area contributed by atoms with Crippen LogP contribution in [0.4, 0.5) is 17.1 Å². The zero-order valence-electron chi connectivity index (χ0n) is 33.7. The highest BCUT2D eigenvalue weighted by molar-refractivity contribution is 5.77. The number of fused-ring (bicyclic) bond motifs is 1. The highest BCUT2D eigenvalue weighted by Gasteiger charge is 2.42. The van der Waals surface area contributed by atoms with E-state index in [1.807, 2.05) is 0 Å². The lowest BCUT2D eigenvalue weighted by Crippen LogP contribution is -2.43. The van der Waals surface area contributed by atoms with Crippen LogP contribution in [-0.2, 0) is 0 Å². The molecule has 0 saturated heterocycles. The lowest BCUT2D eigenvalue weighted by atomic mass is 9.62. The van der Waals surface area contributed by atoms with Crippen molar-refractivity contribution in [2.75, 3.05) is 9.80 Å². The summed E-state index contributed by atoms with van der Waals surface area (Å²) >= 11 is 0. The third-order valence-electron chi connectivity index (χ3n) is 11.7. The number of benzene rings is 4. The SMILES string of the molecule is CC1=CCC(N(/C(=c2\cccc\c2=C(\C)C2C=C(C)C(N(c3ccc(C)cc3)c3ccc(C)cc3)=C3C=CC=CC32C)C(C)C)c2ccc(C)cc2)C=C1. The normalized spacial score (nSPS) is 21.7. The molecule has 274 valence electrons. The van der Waals surface area contributed by atoms with E-state index >= 15 is 0 Å². The van der Waals surface area contributed by atoms with Crippen molar-refractivity contribution in [1.82, 2.24) is 0 Å². The summed E-state index contributed by atoms with van der Waals surface area (Å²) in [5, 5.41) is 2.63.